The molecule has 0 heterocycles. The Bertz CT molecular complexity index is 890. The van der Waals surface area contributed by atoms with Crippen molar-refractivity contribution in [3.63, 3.8) is 0 Å². The lowest BCUT2D eigenvalue weighted by molar-refractivity contribution is -0.384. The second-order valence-electron chi connectivity index (χ2n) is 5.51. The van der Waals surface area contributed by atoms with E-state index in [2.05, 4.69) is 5.48 Å². The molecule has 0 aromatic heterocycles. The van der Waals surface area contributed by atoms with Crippen LogP contribution in [0.15, 0.2) is 36.4 Å². The zero-order valence-corrected chi connectivity index (χ0v) is 15.1. The summed E-state index contributed by atoms with van der Waals surface area (Å²) < 4.78 is 43.5. The largest absolute Gasteiger partial charge is 0.456 e. The van der Waals surface area contributed by atoms with Gasteiger partial charge in [0.25, 0.3) is 5.69 Å². The standard InChI is InChI=1S/C17H14ClF3N2O5/c1-2-3-16(24)28-22-13-9-11(5-6-14(13)23(25)26)27-15-7-4-10(8-12(15)18)17(19,20)21/h4-9,22H,2-3H2,1H3. The SMILES string of the molecule is CCCC(=O)ONc1cc(Oc2ccc(C(F)(F)F)cc2Cl)ccc1[N+](=O)[O-]. The first-order valence-electron chi connectivity index (χ1n) is 7.90. The fraction of sp³-hybridized carbons (Fsp3) is 0.235. The number of hydrogen-bond acceptors (Lipinski definition) is 6. The number of ether oxygens (including phenoxy) is 1. The summed E-state index contributed by atoms with van der Waals surface area (Å²) in [6.45, 7) is 1.76. The van der Waals surface area contributed by atoms with Gasteiger partial charge >= 0.3 is 12.1 Å². The van der Waals surface area contributed by atoms with E-state index >= 15 is 0 Å². The third kappa shape index (κ3) is 5.49. The number of nitro benzene ring substituents is 1. The summed E-state index contributed by atoms with van der Waals surface area (Å²) in [6.07, 6.45) is -3.93. The lowest BCUT2D eigenvalue weighted by atomic mass is 10.2. The summed E-state index contributed by atoms with van der Waals surface area (Å²) in [6, 6.07) is 5.99. The molecule has 2 aromatic rings. The number of halogens is 4. The van der Waals surface area contributed by atoms with E-state index in [9.17, 15) is 28.1 Å². The molecule has 0 bridgehead atoms. The van der Waals surface area contributed by atoms with Gasteiger partial charge in [0.1, 0.15) is 11.5 Å². The fourth-order valence-electron chi connectivity index (χ4n) is 2.07. The molecule has 2 aromatic carbocycles. The predicted molar refractivity (Wildman–Crippen MR) is 94.2 cm³/mol. The summed E-state index contributed by atoms with van der Waals surface area (Å²) in [5.41, 5.74) is 0.686. The maximum absolute atomic E-state index is 12.7. The van der Waals surface area contributed by atoms with Crippen LogP contribution >= 0.6 is 11.6 Å². The van der Waals surface area contributed by atoms with Crippen molar-refractivity contribution in [3.05, 3.63) is 57.1 Å². The summed E-state index contributed by atoms with van der Waals surface area (Å²) in [4.78, 5) is 26.6. The summed E-state index contributed by atoms with van der Waals surface area (Å²) in [5, 5.41) is 10.8. The third-order valence-corrected chi connectivity index (χ3v) is 3.68. The molecule has 150 valence electrons. The topological polar surface area (TPSA) is 90.7 Å². The van der Waals surface area contributed by atoms with Gasteiger partial charge in [-0.25, -0.2) is 10.3 Å². The minimum atomic E-state index is -4.56. The Morgan fingerprint density at radius 1 is 1.25 bits per heavy atom. The highest BCUT2D eigenvalue weighted by molar-refractivity contribution is 6.32. The van der Waals surface area contributed by atoms with Crippen molar-refractivity contribution in [1.29, 1.82) is 0 Å². The molecule has 0 aliphatic rings. The zero-order chi connectivity index (χ0) is 20.9. The molecule has 0 saturated heterocycles. The number of hydrogen-bond donors (Lipinski definition) is 1. The maximum atomic E-state index is 12.7. The van der Waals surface area contributed by atoms with Crippen molar-refractivity contribution in [2.45, 2.75) is 25.9 Å². The Morgan fingerprint density at radius 3 is 2.54 bits per heavy atom. The molecule has 0 aliphatic carbocycles. The van der Waals surface area contributed by atoms with Crippen molar-refractivity contribution < 1.29 is 32.5 Å². The van der Waals surface area contributed by atoms with Crippen LogP contribution in [0, 0.1) is 10.1 Å². The van der Waals surface area contributed by atoms with E-state index in [0.29, 0.717) is 12.5 Å². The van der Waals surface area contributed by atoms with Gasteiger partial charge in [-0.3, -0.25) is 10.1 Å². The van der Waals surface area contributed by atoms with Gasteiger partial charge in [-0.1, -0.05) is 18.5 Å². The number of nitrogens with one attached hydrogen (secondary N) is 1. The maximum Gasteiger partial charge on any atom is 0.416 e. The number of nitrogens with zero attached hydrogens (tertiary/aromatic N) is 1. The van der Waals surface area contributed by atoms with E-state index in [1.54, 1.807) is 6.92 Å². The molecule has 11 heteroatoms. The molecule has 0 saturated carbocycles. The van der Waals surface area contributed by atoms with Crippen molar-refractivity contribution in [2.75, 3.05) is 5.48 Å². The minimum Gasteiger partial charge on any atom is -0.456 e. The van der Waals surface area contributed by atoms with Gasteiger partial charge in [-0.15, -0.1) is 0 Å². The molecule has 28 heavy (non-hydrogen) atoms. The lowest BCUT2D eigenvalue weighted by Crippen LogP contribution is -2.11. The predicted octanol–water partition coefficient (Wildman–Crippen LogP) is 5.73. The molecule has 0 aliphatic heterocycles. The minimum absolute atomic E-state index is 0.0290. The Kier molecular flexibility index (Phi) is 6.68. The zero-order valence-electron chi connectivity index (χ0n) is 14.4. The van der Waals surface area contributed by atoms with Gasteiger partial charge in [0, 0.05) is 18.6 Å². The van der Waals surface area contributed by atoms with Gasteiger partial charge in [0.2, 0.25) is 0 Å². The monoisotopic (exact) mass is 418 g/mol. The number of alkyl halides is 3. The molecule has 7 nitrogen and oxygen atoms in total. The van der Waals surface area contributed by atoms with Crippen LogP contribution in [0.2, 0.25) is 5.02 Å². The Labute approximate surface area is 162 Å². The van der Waals surface area contributed by atoms with Crippen LogP contribution in [0.1, 0.15) is 25.3 Å². The molecule has 0 unspecified atom stereocenters. The van der Waals surface area contributed by atoms with Gasteiger partial charge in [-0.05, 0) is 30.7 Å². The average molecular weight is 419 g/mol. The van der Waals surface area contributed by atoms with Gasteiger partial charge < -0.3 is 9.57 Å². The normalized spacial score (nSPS) is 11.0. The average Bonchev–Trinajstić information content (AvgIpc) is 2.61. The van der Waals surface area contributed by atoms with E-state index < -0.39 is 28.3 Å². The number of nitro groups is 1. The molecule has 2 rings (SSSR count). The van der Waals surface area contributed by atoms with Crippen LogP contribution in [-0.2, 0) is 15.8 Å². The smallest absolute Gasteiger partial charge is 0.416 e. The Balaban J connectivity index is 2.25. The number of carbonyl (C=O) groups excluding carboxylic acids is 1. The van der Waals surface area contributed by atoms with Crippen molar-refractivity contribution in [3.8, 4) is 11.5 Å². The second-order valence-corrected chi connectivity index (χ2v) is 5.91. The van der Waals surface area contributed by atoms with Crippen LogP contribution in [0.4, 0.5) is 24.5 Å². The van der Waals surface area contributed by atoms with E-state index in [1.807, 2.05) is 0 Å². The van der Waals surface area contributed by atoms with Crippen LogP contribution in [0.3, 0.4) is 0 Å². The van der Waals surface area contributed by atoms with Crippen molar-refractivity contribution in [2.24, 2.45) is 0 Å². The molecule has 0 spiro atoms. The highest BCUT2D eigenvalue weighted by atomic mass is 35.5. The molecule has 0 fully saturated rings. The first kappa shape index (κ1) is 21.3. The highest BCUT2D eigenvalue weighted by Gasteiger charge is 2.31. The van der Waals surface area contributed by atoms with Crippen LogP contribution < -0.4 is 10.2 Å². The number of rotatable bonds is 7. The van der Waals surface area contributed by atoms with Crippen molar-refractivity contribution >= 4 is 28.9 Å². The van der Waals surface area contributed by atoms with Crippen LogP contribution in [0.5, 0.6) is 11.5 Å². The van der Waals surface area contributed by atoms with E-state index in [1.165, 1.54) is 6.07 Å². The molecule has 0 atom stereocenters. The fourth-order valence-corrected chi connectivity index (χ4v) is 2.29. The Morgan fingerprint density at radius 2 is 1.96 bits per heavy atom. The van der Waals surface area contributed by atoms with Gasteiger partial charge in [0.05, 0.1) is 15.5 Å². The number of benzene rings is 2. The number of carbonyl (C=O) groups is 1. The first-order chi connectivity index (χ1) is 13.1. The quantitative estimate of drug-likeness (QED) is 0.456. The molecule has 1 N–H and O–H groups in total. The molecular formula is C17H14ClF3N2O5. The Hall–Kier alpha value is -3.01. The van der Waals surface area contributed by atoms with Crippen LogP contribution in [-0.4, -0.2) is 10.9 Å². The lowest BCUT2D eigenvalue weighted by Gasteiger charge is -2.12. The third-order valence-electron chi connectivity index (χ3n) is 3.38. The van der Waals surface area contributed by atoms with Gasteiger partial charge in [-0.2, -0.15) is 13.2 Å². The van der Waals surface area contributed by atoms with Crippen LogP contribution in [0.25, 0.3) is 0 Å². The molecular weight excluding hydrogens is 405 g/mol. The molecule has 0 radical (unpaired) electrons. The molecule has 0 amide bonds. The van der Waals surface area contributed by atoms with Crippen molar-refractivity contribution in [1.82, 2.24) is 0 Å². The van der Waals surface area contributed by atoms with E-state index in [4.69, 9.17) is 21.2 Å². The summed E-state index contributed by atoms with van der Waals surface area (Å²) in [7, 11) is 0. The van der Waals surface area contributed by atoms with E-state index in [-0.39, 0.29) is 28.6 Å². The van der Waals surface area contributed by atoms with E-state index in [0.717, 1.165) is 24.3 Å². The second kappa shape index (κ2) is 8.79. The van der Waals surface area contributed by atoms with Gasteiger partial charge in [0.15, 0.2) is 5.69 Å². The highest BCUT2D eigenvalue weighted by Crippen LogP contribution is 2.38. The first-order valence-corrected chi connectivity index (χ1v) is 8.28. The summed E-state index contributed by atoms with van der Waals surface area (Å²) in [5.74, 6) is -0.673. The summed E-state index contributed by atoms with van der Waals surface area (Å²) >= 11 is 5.83. The number of anilines is 1.